The summed E-state index contributed by atoms with van der Waals surface area (Å²) in [5, 5.41) is 7.96. The molecule has 2 unspecified atom stereocenters. The van der Waals surface area contributed by atoms with Gasteiger partial charge in [-0.15, -0.1) is 0 Å². The Bertz CT molecular complexity index is 517. The lowest BCUT2D eigenvalue weighted by atomic mass is 10.0. The Balaban J connectivity index is 2.94. The maximum absolute atomic E-state index is 13.7. The Kier molecular flexibility index (Phi) is 4.70. The normalized spacial score (nSPS) is 15.2. The second kappa shape index (κ2) is 5.67. The largest absolute Gasteiger partial charge is 0.380 e. The summed E-state index contributed by atoms with van der Waals surface area (Å²) < 4.78 is 35.9. The van der Waals surface area contributed by atoms with Crippen molar-refractivity contribution in [1.82, 2.24) is 0 Å². The summed E-state index contributed by atoms with van der Waals surface area (Å²) in [5.41, 5.74) is 0.287. The lowest BCUT2D eigenvalue weighted by Gasteiger charge is -2.21. The van der Waals surface area contributed by atoms with Crippen LogP contribution in [0.3, 0.4) is 0 Å². The van der Waals surface area contributed by atoms with Gasteiger partial charge in [-0.1, -0.05) is 20.3 Å². The Morgan fingerprint density at radius 2 is 2.00 bits per heavy atom. The quantitative estimate of drug-likeness (QED) is 0.865. The van der Waals surface area contributed by atoms with Crippen LogP contribution in [-0.2, 0) is 10.0 Å². The van der Waals surface area contributed by atoms with Crippen LogP contribution in [0.1, 0.15) is 27.2 Å². The number of halogens is 1. The molecule has 0 saturated carbocycles. The van der Waals surface area contributed by atoms with Crippen molar-refractivity contribution in [1.29, 1.82) is 0 Å². The van der Waals surface area contributed by atoms with Crippen molar-refractivity contribution in [2.75, 3.05) is 5.32 Å². The molecule has 0 fully saturated rings. The molecule has 1 rings (SSSR count). The number of hydrogen-bond donors (Lipinski definition) is 2. The Labute approximate surface area is 107 Å². The molecule has 6 heteroatoms. The Morgan fingerprint density at radius 1 is 1.39 bits per heavy atom. The van der Waals surface area contributed by atoms with E-state index in [-0.39, 0.29) is 16.6 Å². The Morgan fingerprint density at radius 3 is 2.44 bits per heavy atom. The zero-order valence-electron chi connectivity index (χ0n) is 10.8. The van der Waals surface area contributed by atoms with Gasteiger partial charge in [-0.05, 0) is 31.0 Å². The number of anilines is 1. The molecule has 102 valence electrons. The molecule has 3 N–H and O–H groups in total. The third kappa shape index (κ3) is 3.68. The third-order valence-corrected chi connectivity index (χ3v) is 4.06. The van der Waals surface area contributed by atoms with E-state index in [9.17, 15) is 12.8 Å². The third-order valence-electron chi connectivity index (χ3n) is 3.15. The van der Waals surface area contributed by atoms with Crippen LogP contribution in [0.25, 0.3) is 0 Å². The average molecular weight is 274 g/mol. The lowest BCUT2D eigenvalue weighted by Crippen LogP contribution is -2.24. The molecule has 2 atom stereocenters. The van der Waals surface area contributed by atoms with Crippen molar-refractivity contribution in [2.24, 2.45) is 11.1 Å². The average Bonchev–Trinajstić information content (AvgIpc) is 2.29. The molecule has 1 aromatic carbocycles. The summed E-state index contributed by atoms with van der Waals surface area (Å²) in [6, 6.07) is 3.73. The zero-order valence-corrected chi connectivity index (χ0v) is 11.6. The van der Waals surface area contributed by atoms with Gasteiger partial charge in [0.05, 0.1) is 10.6 Å². The van der Waals surface area contributed by atoms with Crippen LogP contribution in [0.4, 0.5) is 10.1 Å². The van der Waals surface area contributed by atoms with E-state index in [1.165, 1.54) is 12.1 Å². The van der Waals surface area contributed by atoms with Crippen molar-refractivity contribution >= 4 is 15.7 Å². The van der Waals surface area contributed by atoms with Gasteiger partial charge in [0.25, 0.3) is 0 Å². The number of nitrogens with one attached hydrogen (secondary N) is 1. The minimum atomic E-state index is -3.86. The van der Waals surface area contributed by atoms with Gasteiger partial charge in [-0.3, -0.25) is 0 Å². The Hall–Kier alpha value is -1.14. The van der Waals surface area contributed by atoms with Gasteiger partial charge < -0.3 is 5.32 Å². The van der Waals surface area contributed by atoms with E-state index >= 15 is 0 Å². The number of rotatable bonds is 5. The first-order valence-corrected chi connectivity index (χ1v) is 7.39. The first-order chi connectivity index (χ1) is 8.25. The highest BCUT2D eigenvalue weighted by Crippen LogP contribution is 2.21. The number of hydrogen-bond acceptors (Lipinski definition) is 3. The molecule has 0 heterocycles. The molecular weight excluding hydrogens is 255 g/mol. The first kappa shape index (κ1) is 14.9. The van der Waals surface area contributed by atoms with Gasteiger partial charge in [-0.25, -0.2) is 17.9 Å². The van der Waals surface area contributed by atoms with E-state index in [4.69, 9.17) is 5.14 Å². The first-order valence-electron chi connectivity index (χ1n) is 5.84. The minimum absolute atomic E-state index is 0.102. The van der Waals surface area contributed by atoms with Crippen molar-refractivity contribution in [3.63, 3.8) is 0 Å². The molecule has 0 bridgehead atoms. The molecule has 0 aliphatic rings. The van der Waals surface area contributed by atoms with E-state index < -0.39 is 15.8 Å². The van der Waals surface area contributed by atoms with E-state index in [1.54, 1.807) is 0 Å². The second-order valence-corrected chi connectivity index (χ2v) is 6.07. The van der Waals surface area contributed by atoms with E-state index in [0.717, 1.165) is 12.5 Å². The zero-order chi connectivity index (χ0) is 13.9. The van der Waals surface area contributed by atoms with Crippen LogP contribution < -0.4 is 10.5 Å². The molecule has 0 aliphatic heterocycles. The van der Waals surface area contributed by atoms with Crippen LogP contribution in [0, 0.1) is 11.7 Å². The monoisotopic (exact) mass is 274 g/mol. The van der Waals surface area contributed by atoms with Gasteiger partial charge in [0, 0.05) is 6.04 Å². The number of benzene rings is 1. The molecule has 0 aliphatic carbocycles. The van der Waals surface area contributed by atoms with E-state index in [0.29, 0.717) is 5.92 Å². The number of sulfonamides is 1. The second-order valence-electron chi connectivity index (χ2n) is 4.51. The van der Waals surface area contributed by atoms with Gasteiger partial charge in [0.2, 0.25) is 10.0 Å². The fourth-order valence-electron chi connectivity index (χ4n) is 1.53. The molecule has 0 amide bonds. The van der Waals surface area contributed by atoms with Crippen LogP contribution in [0.2, 0.25) is 0 Å². The topological polar surface area (TPSA) is 72.2 Å². The van der Waals surface area contributed by atoms with Crippen LogP contribution in [0.15, 0.2) is 23.1 Å². The molecule has 0 spiro atoms. The highest BCUT2D eigenvalue weighted by molar-refractivity contribution is 7.89. The molecule has 18 heavy (non-hydrogen) atoms. The SMILES string of the molecule is CCC(C)C(C)Nc1ccc(S(N)(=O)=O)cc1F. The maximum Gasteiger partial charge on any atom is 0.238 e. The highest BCUT2D eigenvalue weighted by atomic mass is 32.2. The van der Waals surface area contributed by atoms with Crippen molar-refractivity contribution in [3.8, 4) is 0 Å². The van der Waals surface area contributed by atoms with Gasteiger partial charge in [0.15, 0.2) is 0 Å². The summed E-state index contributed by atoms with van der Waals surface area (Å²) in [6.45, 7) is 6.08. The van der Waals surface area contributed by atoms with Gasteiger partial charge >= 0.3 is 0 Å². The van der Waals surface area contributed by atoms with Gasteiger partial charge in [0.1, 0.15) is 5.82 Å². The number of nitrogens with two attached hydrogens (primary N) is 1. The van der Waals surface area contributed by atoms with Crippen LogP contribution in [-0.4, -0.2) is 14.5 Å². The molecular formula is C12H19FN2O2S. The van der Waals surface area contributed by atoms with Gasteiger partial charge in [-0.2, -0.15) is 0 Å². The van der Waals surface area contributed by atoms with Crippen molar-refractivity contribution in [2.45, 2.75) is 38.1 Å². The molecule has 0 saturated heterocycles. The standard InChI is InChI=1S/C12H19FN2O2S/c1-4-8(2)9(3)15-12-6-5-10(7-11(12)13)18(14,16)17/h5-9,15H,4H2,1-3H3,(H2,14,16,17). The highest BCUT2D eigenvalue weighted by Gasteiger charge is 2.15. The number of primary sulfonamides is 1. The molecule has 1 aromatic rings. The van der Waals surface area contributed by atoms with Crippen LogP contribution in [0.5, 0.6) is 0 Å². The maximum atomic E-state index is 13.7. The summed E-state index contributed by atoms with van der Waals surface area (Å²) in [5.74, 6) is -0.223. The molecule has 0 radical (unpaired) electrons. The minimum Gasteiger partial charge on any atom is -0.380 e. The van der Waals surface area contributed by atoms with Crippen LogP contribution >= 0.6 is 0 Å². The smallest absolute Gasteiger partial charge is 0.238 e. The lowest BCUT2D eigenvalue weighted by molar-refractivity contribution is 0.491. The van der Waals surface area contributed by atoms with Crippen molar-refractivity contribution < 1.29 is 12.8 Å². The summed E-state index contributed by atoms with van der Waals surface area (Å²) >= 11 is 0. The summed E-state index contributed by atoms with van der Waals surface area (Å²) in [4.78, 5) is -0.221. The fourth-order valence-corrected chi connectivity index (χ4v) is 2.06. The molecule has 0 aromatic heterocycles. The van der Waals surface area contributed by atoms with E-state index in [2.05, 4.69) is 19.2 Å². The summed E-state index contributed by atoms with van der Waals surface area (Å²) in [6.07, 6.45) is 0.977. The predicted octanol–water partition coefficient (Wildman–Crippen LogP) is 2.32. The fraction of sp³-hybridized carbons (Fsp3) is 0.500. The van der Waals surface area contributed by atoms with E-state index in [1.807, 2.05) is 6.92 Å². The summed E-state index contributed by atoms with van der Waals surface area (Å²) in [7, 11) is -3.86. The van der Waals surface area contributed by atoms with Crippen molar-refractivity contribution in [3.05, 3.63) is 24.0 Å². The predicted molar refractivity (Wildman–Crippen MR) is 70.3 cm³/mol. The molecule has 4 nitrogen and oxygen atoms in total.